The monoisotopic (exact) mass is 284 g/mol. The van der Waals surface area contributed by atoms with Gasteiger partial charge in [-0.05, 0) is 49.1 Å². The van der Waals surface area contributed by atoms with Crippen molar-refractivity contribution in [1.29, 1.82) is 0 Å². The smallest absolute Gasteiger partial charge is 0.241 e. The summed E-state index contributed by atoms with van der Waals surface area (Å²) in [5, 5.41) is 12.2. The van der Waals surface area contributed by atoms with E-state index in [-0.39, 0.29) is 11.7 Å². The van der Waals surface area contributed by atoms with E-state index in [0.717, 1.165) is 12.0 Å². The van der Waals surface area contributed by atoms with Gasteiger partial charge in [0.05, 0.1) is 6.04 Å². The minimum absolute atomic E-state index is 0.180. The van der Waals surface area contributed by atoms with E-state index in [1.807, 2.05) is 37.3 Å². The van der Waals surface area contributed by atoms with Crippen molar-refractivity contribution in [3.05, 3.63) is 59.7 Å². The number of benzene rings is 2. The summed E-state index contributed by atoms with van der Waals surface area (Å²) in [5.41, 5.74) is 8.58. The molecule has 2 rings (SSSR count). The summed E-state index contributed by atoms with van der Waals surface area (Å²) in [5.74, 6) is -0.0291. The molecule has 0 heterocycles. The van der Waals surface area contributed by atoms with Gasteiger partial charge in [-0.2, -0.15) is 0 Å². The molecule has 4 N–H and O–H groups in total. The number of rotatable bonds is 5. The highest BCUT2D eigenvalue weighted by Gasteiger charge is 2.14. The molecule has 0 saturated heterocycles. The van der Waals surface area contributed by atoms with Crippen LogP contribution in [-0.4, -0.2) is 17.1 Å². The van der Waals surface area contributed by atoms with Crippen LogP contribution < -0.4 is 11.1 Å². The zero-order valence-corrected chi connectivity index (χ0v) is 12.0. The fourth-order valence-electron chi connectivity index (χ4n) is 2.11. The van der Waals surface area contributed by atoms with Crippen LogP contribution in [0.4, 0.5) is 5.69 Å². The van der Waals surface area contributed by atoms with Gasteiger partial charge in [-0.3, -0.25) is 4.79 Å². The predicted molar refractivity (Wildman–Crippen MR) is 84.2 cm³/mol. The van der Waals surface area contributed by atoms with E-state index in [4.69, 9.17) is 5.73 Å². The second kappa shape index (κ2) is 6.90. The number of aromatic hydroxyl groups is 1. The number of hydrogen-bond donors (Lipinski definition) is 3. The summed E-state index contributed by atoms with van der Waals surface area (Å²) < 4.78 is 0. The standard InChI is InChI=1S/C17H20N2O2/c1-12-11-14(20)8-10-16(12)19-17(21)15(18)9-7-13-5-3-2-4-6-13/h2-6,8,10-11,15,20H,7,9,18H2,1H3,(H,19,21). The second-order valence-electron chi connectivity index (χ2n) is 5.12. The van der Waals surface area contributed by atoms with Crippen LogP contribution in [0.3, 0.4) is 0 Å². The first-order valence-corrected chi connectivity index (χ1v) is 6.96. The number of nitrogens with two attached hydrogens (primary N) is 1. The number of carbonyl (C=O) groups excluding carboxylic acids is 1. The molecule has 2 aromatic carbocycles. The fraction of sp³-hybridized carbons (Fsp3) is 0.235. The quantitative estimate of drug-likeness (QED) is 0.739. The number of nitrogens with one attached hydrogen (secondary N) is 1. The maximum Gasteiger partial charge on any atom is 0.241 e. The van der Waals surface area contributed by atoms with Crippen LogP contribution >= 0.6 is 0 Å². The lowest BCUT2D eigenvalue weighted by atomic mass is 10.1. The topological polar surface area (TPSA) is 75.3 Å². The highest BCUT2D eigenvalue weighted by Crippen LogP contribution is 2.20. The average Bonchev–Trinajstić information content (AvgIpc) is 2.48. The van der Waals surface area contributed by atoms with Crippen molar-refractivity contribution < 1.29 is 9.90 Å². The SMILES string of the molecule is Cc1cc(O)ccc1NC(=O)C(N)CCc1ccccc1. The number of amides is 1. The predicted octanol–water partition coefficient (Wildman–Crippen LogP) is 2.60. The average molecular weight is 284 g/mol. The van der Waals surface area contributed by atoms with Crippen LogP contribution in [0.15, 0.2) is 48.5 Å². The number of anilines is 1. The zero-order chi connectivity index (χ0) is 15.2. The van der Waals surface area contributed by atoms with Gasteiger partial charge in [0, 0.05) is 5.69 Å². The largest absolute Gasteiger partial charge is 0.508 e. The van der Waals surface area contributed by atoms with Crippen LogP contribution in [0.25, 0.3) is 0 Å². The van der Waals surface area contributed by atoms with E-state index >= 15 is 0 Å². The Kier molecular flexibility index (Phi) is 4.95. The molecule has 0 saturated carbocycles. The third-order valence-electron chi connectivity index (χ3n) is 3.39. The van der Waals surface area contributed by atoms with Gasteiger partial charge in [-0.25, -0.2) is 0 Å². The Morgan fingerprint density at radius 2 is 1.95 bits per heavy atom. The van der Waals surface area contributed by atoms with Gasteiger partial charge in [-0.1, -0.05) is 30.3 Å². The summed E-state index contributed by atoms with van der Waals surface area (Å²) in [6.07, 6.45) is 1.36. The molecule has 1 atom stereocenters. The number of phenolic OH excluding ortho intramolecular Hbond substituents is 1. The van der Waals surface area contributed by atoms with E-state index in [9.17, 15) is 9.90 Å². The molecule has 0 aliphatic heterocycles. The van der Waals surface area contributed by atoms with Crippen molar-refractivity contribution in [2.24, 2.45) is 5.73 Å². The molecule has 1 amide bonds. The minimum atomic E-state index is -0.557. The molecular weight excluding hydrogens is 264 g/mol. The zero-order valence-electron chi connectivity index (χ0n) is 12.0. The van der Waals surface area contributed by atoms with Crippen LogP contribution in [0, 0.1) is 6.92 Å². The van der Waals surface area contributed by atoms with Crippen LogP contribution in [0.5, 0.6) is 5.75 Å². The van der Waals surface area contributed by atoms with Crippen molar-refractivity contribution in [3.8, 4) is 5.75 Å². The molecule has 4 nitrogen and oxygen atoms in total. The van der Waals surface area contributed by atoms with Gasteiger partial charge in [0.2, 0.25) is 5.91 Å². The number of phenols is 1. The van der Waals surface area contributed by atoms with Gasteiger partial charge in [0.1, 0.15) is 5.75 Å². The van der Waals surface area contributed by atoms with E-state index in [2.05, 4.69) is 5.32 Å². The molecule has 0 bridgehead atoms. The Balaban J connectivity index is 1.90. The van der Waals surface area contributed by atoms with Gasteiger partial charge in [0.15, 0.2) is 0 Å². The first-order chi connectivity index (χ1) is 10.1. The normalized spacial score (nSPS) is 11.9. The highest BCUT2D eigenvalue weighted by molar-refractivity contribution is 5.95. The number of aryl methyl sites for hydroxylation is 2. The maximum atomic E-state index is 12.1. The number of carbonyl (C=O) groups is 1. The Labute approximate surface area is 124 Å². The van der Waals surface area contributed by atoms with Gasteiger partial charge >= 0.3 is 0 Å². The van der Waals surface area contributed by atoms with Crippen LogP contribution in [0.1, 0.15) is 17.5 Å². The molecule has 110 valence electrons. The van der Waals surface area contributed by atoms with Crippen LogP contribution in [0.2, 0.25) is 0 Å². The summed E-state index contributed by atoms with van der Waals surface area (Å²) in [6, 6.07) is 14.2. The summed E-state index contributed by atoms with van der Waals surface area (Å²) in [7, 11) is 0. The van der Waals surface area contributed by atoms with Crippen molar-refractivity contribution in [3.63, 3.8) is 0 Å². The van der Waals surface area contributed by atoms with E-state index in [1.54, 1.807) is 12.1 Å². The Hall–Kier alpha value is -2.33. The van der Waals surface area contributed by atoms with Crippen molar-refractivity contribution in [2.45, 2.75) is 25.8 Å². The van der Waals surface area contributed by atoms with Crippen molar-refractivity contribution in [1.82, 2.24) is 0 Å². The van der Waals surface area contributed by atoms with Crippen molar-refractivity contribution >= 4 is 11.6 Å². The third-order valence-corrected chi connectivity index (χ3v) is 3.39. The lowest BCUT2D eigenvalue weighted by Crippen LogP contribution is -2.36. The highest BCUT2D eigenvalue weighted by atomic mass is 16.3. The lowest BCUT2D eigenvalue weighted by Gasteiger charge is -2.14. The van der Waals surface area contributed by atoms with Gasteiger partial charge in [-0.15, -0.1) is 0 Å². The number of hydrogen-bond acceptors (Lipinski definition) is 3. The summed E-state index contributed by atoms with van der Waals surface area (Å²) in [6.45, 7) is 1.82. The molecule has 0 spiro atoms. The first kappa shape index (κ1) is 15.1. The lowest BCUT2D eigenvalue weighted by molar-refractivity contribution is -0.117. The molecule has 0 aromatic heterocycles. The summed E-state index contributed by atoms with van der Waals surface area (Å²) in [4.78, 5) is 12.1. The minimum Gasteiger partial charge on any atom is -0.508 e. The van der Waals surface area contributed by atoms with Gasteiger partial charge < -0.3 is 16.2 Å². The molecule has 0 fully saturated rings. The molecule has 0 radical (unpaired) electrons. The molecule has 1 unspecified atom stereocenters. The molecular formula is C17H20N2O2. The Morgan fingerprint density at radius 3 is 2.62 bits per heavy atom. The summed E-state index contributed by atoms with van der Waals surface area (Å²) >= 11 is 0. The van der Waals surface area contributed by atoms with E-state index in [1.165, 1.54) is 11.6 Å². The second-order valence-corrected chi connectivity index (χ2v) is 5.12. The molecule has 4 heteroatoms. The third kappa shape index (κ3) is 4.33. The maximum absolute atomic E-state index is 12.1. The molecule has 2 aromatic rings. The van der Waals surface area contributed by atoms with Crippen molar-refractivity contribution in [2.75, 3.05) is 5.32 Å². The Bertz CT molecular complexity index is 611. The van der Waals surface area contributed by atoms with E-state index < -0.39 is 6.04 Å². The van der Waals surface area contributed by atoms with E-state index in [0.29, 0.717) is 12.1 Å². The van der Waals surface area contributed by atoms with Crippen LogP contribution in [-0.2, 0) is 11.2 Å². The molecule has 0 aliphatic rings. The first-order valence-electron chi connectivity index (χ1n) is 6.96. The fourth-order valence-corrected chi connectivity index (χ4v) is 2.11. The Morgan fingerprint density at radius 1 is 1.24 bits per heavy atom. The molecule has 0 aliphatic carbocycles. The van der Waals surface area contributed by atoms with Gasteiger partial charge in [0.25, 0.3) is 0 Å². The molecule has 21 heavy (non-hydrogen) atoms.